The molecular formula is C16H13N4O5-. The molecule has 0 saturated carbocycles. The van der Waals surface area contributed by atoms with Crippen LogP contribution in [0.15, 0.2) is 47.6 Å². The molecule has 0 atom stereocenters. The third kappa shape index (κ3) is 4.86. The van der Waals surface area contributed by atoms with Crippen LogP contribution in [0, 0.1) is 10.1 Å². The summed E-state index contributed by atoms with van der Waals surface area (Å²) in [7, 11) is 0. The quantitative estimate of drug-likeness (QED) is 0.481. The van der Waals surface area contributed by atoms with Gasteiger partial charge in [-0.15, -0.1) is 0 Å². The van der Waals surface area contributed by atoms with Gasteiger partial charge in [0.1, 0.15) is 0 Å². The van der Waals surface area contributed by atoms with Gasteiger partial charge in [-0.1, -0.05) is 17.9 Å². The van der Waals surface area contributed by atoms with E-state index in [1.807, 2.05) is 0 Å². The number of rotatable bonds is 5. The molecule has 0 aliphatic rings. The normalized spacial score (nSPS) is 10.4. The lowest BCUT2D eigenvalue weighted by atomic mass is 10.2. The second-order valence-corrected chi connectivity index (χ2v) is 4.94. The Morgan fingerprint density at radius 3 is 2.64 bits per heavy atom. The Balaban J connectivity index is 2.09. The zero-order valence-electron chi connectivity index (χ0n) is 13.1. The molecule has 128 valence electrons. The van der Waals surface area contributed by atoms with E-state index in [9.17, 15) is 24.8 Å². The maximum absolute atomic E-state index is 12.0. The van der Waals surface area contributed by atoms with Crippen LogP contribution in [0.5, 0.6) is 5.75 Å². The van der Waals surface area contributed by atoms with Crippen LogP contribution in [0.25, 0.3) is 0 Å². The number of anilines is 1. The number of nitrogens with zero attached hydrogens (tertiary/aromatic N) is 2. The largest absolute Gasteiger partial charge is 0.872 e. The maximum atomic E-state index is 12.0. The summed E-state index contributed by atoms with van der Waals surface area (Å²) >= 11 is 0. The van der Waals surface area contributed by atoms with Crippen LogP contribution in [0.2, 0.25) is 0 Å². The first-order valence-electron chi connectivity index (χ1n) is 7.03. The topological polar surface area (TPSA) is 137 Å². The Bertz CT molecular complexity index is 863. The van der Waals surface area contributed by atoms with Crippen LogP contribution in [-0.4, -0.2) is 23.0 Å². The molecule has 2 aromatic carbocycles. The van der Waals surface area contributed by atoms with Crippen molar-refractivity contribution in [1.82, 2.24) is 5.43 Å². The molecule has 0 aliphatic carbocycles. The van der Waals surface area contributed by atoms with E-state index in [-0.39, 0.29) is 22.7 Å². The number of hydrogen-bond acceptors (Lipinski definition) is 6. The molecule has 0 spiro atoms. The summed E-state index contributed by atoms with van der Waals surface area (Å²) in [6.45, 7) is 1.34. The Morgan fingerprint density at radius 2 is 1.96 bits per heavy atom. The van der Waals surface area contributed by atoms with Crippen molar-refractivity contribution >= 4 is 29.4 Å². The van der Waals surface area contributed by atoms with Crippen molar-refractivity contribution in [3.63, 3.8) is 0 Å². The van der Waals surface area contributed by atoms with Gasteiger partial charge < -0.3 is 10.4 Å². The molecule has 0 heterocycles. The summed E-state index contributed by atoms with van der Waals surface area (Å²) in [5, 5.41) is 28.5. The van der Waals surface area contributed by atoms with E-state index in [1.54, 1.807) is 12.1 Å². The summed E-state index contributed by atoms with van der Waals surface area (Å²) in [5.41, 5.74) is 2.62. The van der Waals surface area contributed by atoms with Gasteiger partial charge in [0, 0.05) is 30.3 Å². The van der Waals surface area contributed by atoms with E-state index >= 15 is 0 Å². The highest BCUT2D eigenvalue weighted by molar-refractivity contribution is 5.97. The average Bonchev–Trinajstić information content (AvgIpc) is 2.55. The molecule has 0 fully saturated rings. The van der Waals surface area contributed by atoms with Crippen molar-refractivity contribution in [2.75, 3.05) is 5.32 Å². The van der Waals surface area contributed by atoms with Gasteiger partial charge in [-0.3, -0.25) is 19.7 Å². The van der Waals surface area contributed by atoms with Crippen LogP contribution in [0.4, 0.5) is 11.4 Å². The van der Waals surface area contributed by atoms with Crippen LogP contribution >= 0.6 is 0 Å². The molecule has 2 N–H and O–H groups in total. The predicted molar refractivity (Wildman–Crippen MR) is 88.3 cm³/mol. The Morgan fingerprint density at radius 1 is 1.20 bits per heavy atom. The van der Waals surface area contributed by atoms with Crippen molar-refractivity contribution in [3.8, 4) is 5.75 Å². The third-order valence-electron chi connectivity index (χ3n) is 3.02. The number of benzene rings is 2. The first-order chi connectivity index (χ1) is 11.9. The molecule has 0 unspecified atom stereocenters. The second kappa shape index (κ2) is 7.68. The lowest BCUT2D eigenvalue weighted by molar-refractivity contribution is -0.385. The average molecular weight is 341 g/mol. The van der Waals surface area contributed by atoms with Crippen LogP contribution < -0.4 is 15.8 Å². The fraction of sp³-hybridized carbons (Fsp3) is 0.0625. The van der Waals surface area contributed by atoms with Crippen molar-refractivity contribution in [1.29, 1.82) is 0 Å². The summed E-state index contributed by atoms with van der Waals surface area (Å²) in [6.07, 6.45) is 1.03. The molecule has 0 aromatic heterocycles. The fourth-order valence-corrected chi connectivity index (χ4v) is 1.92. The number of amides is 2. The molecule has 2 amide bonds. The number of hydrazone groups is 1. The monoisotopic (exact) mass is 341 g/mol. The van der Waals surface area contributed by atoms with Gasteiger partial charge in [0.25, 0.3) is 11.6 Å². The minimum Gasteiger partial charge on any atom is -0.872 e. The zero-order chi connectivity index (χ0) is 18.4. The molecule has 9 nitrogen and oxygen atoms in total. The molecule has 2 aromatic rings. The van der Waals surface area contributed by atoms with E-state index in [0.717, 1.165) is 24.4 Å². The number of carbonyl (C=O) groups excluding carboxylic acids is 2. The number of non-ortho nitro benzene ring substituents is 1. The van der Waals surface area contributed by atoms with Crippen LogP contribution in [0.1, 0.15) is 22.8 Å². The van der Waals surface area contributed by atoms with Crippen molar-refractivity contribution in [2.45, 2.75) is 6.92 Å². The Kier molecular flexibility index (Phi) is 5.41. The summed E-state index contributed by atoms with van der Waals surface area (Å²) < 4.78 is 0. The van der Waals surface area contributed by atoms with Gasteiger partial charge in [-0.25, -0.2) is 5.43 Å². The highest BCUT2D eigenvalue weighted by Crippen LogP contribution is 2.19. The van der Waals surface area contributed by atoms with Crippen molar-refractivity contribution < 1.29 is 19.6 Å². The standard InChI is InChI=1S/C16H14N4O5/c1-10(21)18-13-4-2-3-11(7-13)16(23)19-17-9-12-8-14(20(24)25)5-6-15(12)22/h2-9,22H,1H3,(H,18,21)(H,19,23)/p-1/b17-9-. The Labute approximate surface area is 142 Å². The minimum absolute atomic E-state index is 0.0264. The number of nitro groups is 1. The van der Waals surface area contributed by atoms with E-state index in [0.29, 0.717) is 5.69 Å². The zero-order valence-corrected chi connectivity index (χ0v) is 13.1. The highest BCUT2D eigenvalue weighted by atomic mass is 16.6. The van der Waals surface area contributed by atoms with Crippen LogP contribution in [-0.2, 0) is 4.79 Å². The smallest absolute Gasteiger partial charge is 0.271 e. The number of hydrogen-bond donors (Lipinski definition) is 2. The molecule has 0 saturated heterocycles. The third-order valence-corrected chi connectivity index (χ3v) is 3.02. The summed E-state index contributed by atoms with van der Waals surface area (Å²) in [4.78, 5) is 33.1. The van der Waals surface area contributed by atoms with Gasteiger partial charge in [0.2, 0.25) is 5.91 Å². The van der Waals surface area contributed by atoms with E-state index in [2.05, 4.69) is 15.8 Å². The summed E-state index contributed by atoms with van der Waals surface area (Å²) in [6, 6.07) is 9.38. The van der Waals surface area contributed by atoms with Crippen LogP contribution in [0.3, 0.4) is 0 Å². The van der Waals surface area contributed by atoms with E-state index in [1.165, 1.54) is 19.1 Å². The van der Waals surface area contributed by atoms with E-state index in [4.69, 9.17) is 0 Å². The number of nitro benzene ring substituents is 1. The first-order valence-corrected chi connectivity index (χ1v) is 7.03. The highest BCUT2D eigenvalue weighted by Gasteiger charge is 2.07. The van der Waals surface area contributed by atoms with Gasteiger partial charge in [-0.2, -0.15) is 5.10 Å². The molecule has 2 rings (SSSR count). The van der Waals surface area contributed by atoms with Gasteiger partial charge in [0.05, 0.1) is 11.1 Å². The van der Waals surface area contributed by atoms with Crippen molar-refractivity contribution in [2.24, 2.45) is 5.10 Å². The lowest BCUT2D eigenvalue weighted by Crippen LogP contribution is -2.18. The number of nitrogens with one attached hydrogen (secondary N) is 2. The minimum atomic E-state index is -0.636. The predicted octanol–water partition coefficient (Wildman–Crippen LogP) is 1.39. The molecule has 0 aliphatic heterocycles. The molecular weight excluding hydrogens is 328 g/mol. The molecule has 9 heteroatoms. The first kappa shape index (κ1) is 17.6. The van der Waals surface area contributed by atoms with Crippen molar-refractivity contribution in [3.05, 3.63) is 63.7 Å². The molecule has 0 radical (unpaired) electrons. The number of carbonyl (C=O) groups is 2. The fourth-order valence-electron chi connectivity index (χ4n) is 1.92. The van der Waals surface area contributed by atoms with Gasteiger partial charge >= 0.3 is 0 Å². The Hall–Kier alpha value is -3.75. The SMILES string of the molecule is CC(=O)Nc1cccc(C(=O)N/N=C\c2cc([N+](=O)[O-])ccc2[O-])c1. The summed E-state index contributed by atoms with van der Waals surface area (Å²) in [5.74, 6) is -1.30. The molecule has 0 bridgehead atoms. The van der Waals surface area contributed by atoms with Gasteiger partial charge in [0.15, 0.2) is 0 Å². The second-order valence-electron chi connectivity index (χ2n) is 4.94. The van der Waals surface area contributed by atoms with Gasteiger partial charge in [-0.05, 0) is 23.8 Å². The lowest BCUT2D eigenvalue weighted by Gasteiger charge is -2.08. The maximum Gasteiger partial charge on any atom is 0.271 e. The van der Waals surface area contributed by atoms with E-state index < -0.39 is 16.6 Å². The molecule has 25 heavy (non-hydrogen) atoms.